The Morgan fingerprint density at radius 1 is 0.750 bits per heavy atom. The molecule has 0 aromatic carbocycles. The van der Waals surface area contributed by atoms with Gasteiger partial charge in [0.1, 0.15) is 0 Å². The van der Waals surface area contributed by atoms with E-state index >= 15 is 0 Å². The number of rotatable bonds is 0. The van der Waals surface area contributed by atoms with Gasteiger partial charge in [-0.25, -0.2) is 0 Å². The van der Waals surface area contributed by atoms with Gasteiger partial charge in [-0.1, -0.05) is 65.8 Å². The molecule has 0 saturated heterocycles. The highest BCUT2D eigenvalue weighted by atomic mass is 14.5. The highest BCUT2D eigenvalue weighted by molar-refractivity contribution is 5.21. The minimum absolute atomic E-state index is 0.925. The monoisotopic (exact) mass is 222 g/mol. The van der Waals surface area contributed by atoms with Crippen molar-refractivity contribution in [2.45, 2.75) is 54.4 Å². The SMILES string of the molecule is C1=CC2C3C=CC(C3)C2C1.CC.CC.CC. The molecule has 1 saturated carbocycles. The Balaban J connectivity index is 0.000000332. The first kappa shape index (κ1) is 15.5. The van der Waals surface area contributed by atoms with E-state index in [1.54, 1.807) is 0 Å². The van der Waals surface area contributed by atoms with Gasteiger partial charge in [-0.2, -0.15) is 0 Å². The normalized spacial score (nSPS) is 35.1. The van der Waals surface area contributed by atoms with Crippen LogP contribution < -0.4 is 0 Å². The molecule has 16 heavy (non-hydrogen) atoms. The van der Waals surface area contributed by atoms with Gasteiger partial charge in [0, 0.05) is 0 Å². The first-order chi connectivity index (χ1) is 7.95. The maximum absolute atomic E-state index is 2.44. The molecule has 0 aromatic rings. The predicted octanol–water partition coefficient (Wildman–Crippen LogP) is 5.46. The molecule has 0 aromatic heterocycles. The van der Waals surface area contributed by atoms with Crippen LogP contribution in [0.4, 0.5) is 0 Å². The van der Waals surface area contributed by atoms with Crippen LogP contribution in [-0.4, -0.2) is 0 Å². The van der Waals surface area contributed by atoms with Crippen LogP contribution in [0.15, 0.2) is 24.3 Å². The number of fused-ring (bicyclic) bond motifs is 5. The summed E-state index contributed by atoms with van der Waals surface area (Å²) < 4.78 is 0. The summed E-state index contributed by atoms with van der Waals surface area (Å²) in [6, 6.07) is 0. The second-order valence-corrected chi connectivity index (χ2v) is 3.85. The maximum Gasteiger partial charge on any atom is -0.0133 e. The van der Waals surface area contributed by atoms with E-state index in [0.717, 1.165) is 23.7 Å². The van der Waals surface area contributed by atoms with Gasteiger partial charge in [0.25, 0.3) is 0 Å². The molecule has 3 aliphatic carbocycles. The van der Waals surface area contributed by atoms with Gasteiger partial charge in [-0.3, -0.25) is 0 Å². The third-order valence-electron chi connectivity index (χ3n) is 3.46. The molecule has 0 heterocycles. The van der Waals surface area contributed by atoms with Gasteiger partial charge in [-0.15, -0.1) is 0 Å². The quantitative estimate of drug-likeness (QED) is 0.477. The molecular weight excluding hydrogens is 192 g/mol. The van der Waals surface area contributed by atoms with Crippen molar-refractivity contribution < 1.29 is 0 Å². The molecule has 0 heteroatoms. The lowest BCUT2D eigenvalue weighted by atomic mass is 9.86. The standard InChI is InChI=1S/C10H12.3C2H6/c1-2-9-7-4-5-8(6-7)10(9)3-1;3*1-2/h1-2,4-5,7-10H,3,6H2;3*1-2H3. The average molecular weight is 222 g/mol. The Bertz CT molecular complexity index is 212. The first-order valence-electron chi connectivity index (χ1n) is 7.30. The van der Waals surface area contributed by atoms with Crippen molar-refractivity contribution in [1.82, 2.24) is 0 Å². The van der Waals surface area contributed by atoms with E-state index in [9.17, 15) is 0 Å². The average Bonchev–Trinajstić information content (AvgIpc) is 3.10. The Morgan fingerprint density at radius 2 is 1.31 bits per heavy atom. The summed E-state index contributed by atoms with van der Waals surface area (Å²) >= 11 is 0. The molecule has 0 N–H and O–H groups in total. The lowest BCUT2D eigenvalue weighted by Crippen LogP contribution is -2.12. The lowest BCUT2D eigenvalue weighted by molar-refractivity contribution is 0.398. The summed E-state index contributed by atoms with van der Waals surface area (Å²) in [5.41, 5.74) is 0. The van der Waals surface area contributed by atoms with Gasteiger partial charge in [-0.05, 0) is 36.5 Å². The van der Waals surface area contributed by atoms with Gasteiger partial charge in [0.2, 0.25) is 0 Å². The van der Waals surface area contributed by atoms with Crippen LogP contribution in [0.5, 0.6) is 0 Å². The highest BCUT2D eigenvalue weighted by Crippen LogP contribution is 2.52. The van der Waals surface area contributed by atoms with E-state index in [2.05, 4.69) is 24.3 Å². The molecule has 4 unspecified atom stereocenters. The minimum atomic E-state index is 0.925. The van der Waals surface area contributed by atoms with E-state index in [0.29, 0.717) is 0 Å². The molecule has 0 nitrogen and oxygen atoms in total. The Labute approximate surface area is 103 Å². The Kier molecular flexibility index (Phi) is 8.33. The van der Waals surface area contributed by atoms with E-state index in [4.69, 9.17) is 0 Å². The van der Waals surface area contributed by atoms with Crippen molar-refractivity contribution in [3.8, 4) is 0 Å². The van der Waals surface area contributed by atoms with Crippen molar-refractivity contribution in [3.05, 3.63) is 24.3 Å². The lowest BCUT2D eigenvalue weighted by Gasteiger charge is -2.18. The fourth-order valence-electron chi connectivity index (χ4n) is 2.97. The number of allylic oxidation sites excluding steroid dienone is 4. The topological polar surface area (TPSA) is 0 Å². The van der Waals surface area contributed by atoms with Crippen molar-refractivity contribution in [2.24, 2.45) is 23.7 Å². The summed E-state index contributed by atoms with van der Waals surface area (Å²) in [5, 5.41) is 0. The molecule has 0 amide bonds. The van der Waals surface area contributed by atoms with E-state index in [1.807, 2.05) is 41.5 Å². The zero-order chi connectivity index (χ0) is 12.6. The molecule has 0 spiro atoms. The van der Waals surface area contributed by atoms with Gasteiger partial charge in [0.05, 0.1) is 0 Å². The van der Waals surface area contributed by atoms with Gasteiger partial charge < -0.3 is 0 Å². The molecule has 3 aliphatic rings. The van der Waals surface area contributed by atoms with E-state index in [-0.39, 0.29) is 0 Å². The third kappa shape index (κ3) is 2.99. The summed E-state index contributed by atoms with van der Waals surface area (Å²) in [7, 11) is 0. The van der Waals surface area contributed by atoms with Gasteiger partial charge >= 0.3 is 0 Å². The zero-order valence-corrected chi connectivity index (χ0v) is 12.0. The highest BCUT2D eigenvalue weighted by Gasteiger charge is 2.44. The van der Waals surface area contributed by atoms with Crippen LogP contribution in [0.2, 0.25) is 0 Å². The van der Waals surface area contributed by atoms with Crippen molar-refractivity contribution in [2.75, 3.05) is 0 Å². The molecule has 3 rings (SSSR count). The molecule has 94 valence electrons. The van der Waals surface area contributed by atoms with Crippen LogP contribution in [0.1, 0.15) is 54.4 Å². The van der Waals surface area contributed by atoms with Crippen LogP contribution in [-0.2, 0) is 0 Å². The van der Waals surface area contributed by atoms with Crippen LogP contribution in [0.3, 0.4) is 0 Å². The number of hydrogen-bond donors (Lipinski definition) is 0. The fraction of sp³-hybridized carbons (Fsp3) is 0.750. The maximum atomic E-state index is 2.44. The Hall–Kier alpha value is -0.520. The molecule has 2 bridgehead atoms. The van der Waals surface area contributed by atoms with Crippen molar-refractivity contribution in [3.63, 3.8) is 0 Å². The van der Waals surface area contributed by atoms with E-state index < -0.39 is 0 Å². The molecule has 1 fully saturated rings. The largest absolute Gasteiger partial charge is 0.0879 e. The predicted molar refractivity (Wildman–Crippen MR) is 75.5 cm³/mol. The van der Waals surface area contributed by atoms with Gasteiger partial charge in [0.15, 0.2) is 0 Å². The summed E-state index contributed by atoms with van der Waals surface area (Å²) in [6.07, 6.45) is 12.5. The minimum Gasteiger partial charge on any atom is -0.0879 e. The smallest absolute Gasteiger partial charge is 0.0133 e. The molecule has 0 aliphatic heterocycles. The van der Waals surface area contributed by atoms with Crippen LogP contribution in [0.25, 0.3) is 0 Å². The molecule has 0 radical (unpaired) electrons. The fourth-order valence-corrected chi connectivity index (χ4v) is 2.97. The summed E-state index contributed by atoms with van der Waals surface area (Å²) in [6.45, 7) is 12.0. The van der Waals surface area contributed by atoms with Crippen molar-refractivity contribution in [1.29, 1.82) is 0 Å². The van der Waals surface area contributed by atoms with E-state index in [1.165, 1.54) is 12.8 Å². The Morgan fingerprint density at radius 3 is 1.88 bits per heavy atom. The van der Waals surface area contributed by atoms with Crippen LogP contribution >= 0.6 is 0 Å². The zero-order valence-electron chi connectivity index (χ0n) is 12.0. The number of hydrogen-bond acceptors (Lipinski definition) is 0. The second-order valence-electron chi connectivity index (χ2n) is 3.85. The first-order valence-corrected chi connectivity index (χ1v) is 7.30. The van der Waals surface area contributed by atoms with Crippen LogP contribution in [0, 0.1) is 23.7 Å². The summed E-state index contributed by atoms with van der Waals surface area (Å²) in [4.78, 5) is 0. The summed E-state index contributed by atoms with van der Waals surface area (Å²) in [5.74, 6) is 3.82. The van der Waals surface area contributed by atoms with Crippen molar-refractivity contribution >= 4 is 0 Å². The molecule has 4 atom stereocenters. The molecular formula is C16H30. The third-order valence-corrected chi connectivity index (χ3v) is 3.46. The second kappa shape index (κ2) is 8.61.